The third kappa shape index (κ3) is 3.61. The molecule has 2 heterocycles. The van der Waals surface area contributed by atoms with Crippen LogP contribution in [0.25, 0.3) is 0 Å². The van der Waals surface area contributed by atoms with Crippen molar-refractivity contribution in [3.8, 4) is 0 Å². The molecule has 0 N–H and O–H groups in total. The van der Waals surface area contributed by atoms with Crippen molar-refractivity contribution in [3.63, 3.8) is 0 Å². The SMILES string of the molecule is CC1CCN(C(=O)c2cc(S(=O)(=O)Cl)cn2C(C)C)CC1. The van der Waals surface area contributed by atoms with Crippen molar-refractivity contribution in [2.24, 2.45) is 5.92 Å². The Morgan fingerprint density at radius 1 is 1.33 bits per heavy atom. The molecule has 2 rings (SSSR count). The number of likely N-dealkylation sites (tertiary alicyclic amines) is 1. The molecule has 1 fully saturated rings. The van der Waals surface area contributed by atoms with Crippen LogP contribution in [-0.4, -0.2) is 36.9 Å². The Bertz CT molecular complexity index is 629. The largest absolute Gasteiger partial charge is 0.340 e. The molecule has 1 aliphatic heterocycles. The van der Waals surface area contributed by atoms with Crippen LogP contribution in [0.4, 0.5) is 0 Å². The Morgan fingerprint density at radius 3 is 2.38 bits per heavy atom. The van der Waals surface area contributed by atoms with E-state index < -0.39 is 9.05 Å². The summed E-state index contributed by atoms with van der Waals surface area (Å²) in [6.07, 6.45) is 3.40. The minimum Gasteiger partial charge on any atom is -0.340 e. The number of nitrogens with zero attached hydrogens (tertiary/aromatic N) is 2. The molecule has 1 aromatic rings. The number of hydrogen-bond donors (Lipinski definition) is 0. The van der Waals surface area contributed by atoms with Gasteiger partial charge in [0.25, 0.3) is 15.0 Å². The molecule has 5 nitrogen and oxygen atoms in total. The standard InChI is InChI=1S/C14H21ClN2O3S/c1-10(2)17-9-12(21(15,19)20)8-13(17)14(18)16-6-4-11(3)5-7-16/h8-11H,4-7H2,1-3H3. The molecular formula is C14H21ClN2O3S. The highest BCUT2D eigenvalue weighted by Crippen LogP contribution is 2.24. The summed E-state index contributed by atoms with van der Waals surface area (Å²) < 4.78 is 24.7. The molecule has 118 valence electrons. The smallest absolute Gasteiger partial charge is 0.270 e. The van der Waals surface area contributed by atoms with Gasteiger partial charge in [0.1, 0.15) is 10.6 Å². The fourth-order valence-electron chi connectivity index (χ4n) is 2.56. The molecule has 0 aromatic carbocycles. The van der Waals surface area contributed by atoms with E-state index in [1.54, 1.807) is 9.47 Å². The lowest BCUT2D eigenvalue weighted by Gasteiger charge is -2.30. The van der Waals surface area contributed by atoms with Crippen LogP contribution in [0.5, 0.6) is 0 Å². The van der Waals surface area contributed by atoms with Gasteiger partial charge in [-0.2, -0.15) is 0 Å². The van der Waals surface area contributed by atoms with Gasteiger partial charge >= 0.3 is 0 Å². The molecule has 7 heteroatoms. The highest BCUT2D eigenvalue weighted by atomic mass is 35.7. The molecule has 1 aliphatic rings. The predicted octanol–water partition coefficient (Wildman–Crippen LogP) is 2.87. The van der Waals surface area contributed by atoms with Crippen LogP contribution >= 0.6 is 10.7 Å². The van der Waals surface area contributed by atoms with Crippen LogP contribution in [0.3, 0.4) is 0 Å². The van der Waals surface area contributed by atoms with Gasteiger partial charge in [-0.1, -0.05) is 6.92 Å². The topological polar surface area (TPSA) is 59.4 Å². The van der Waals surface area contributed by atoms with Gasteiger partial charge in [-0.25, -0.2) is 8.42 Å². The molecule has 1 aromatic heterocycles. The Balaban J connectivity index is 2.33. The summed E-state index contributed by atoms with van der Waals surface area (Å²) in [7, 11) is 1.56. The lowest BCUT2D eigenvalue weighted by atomic mass is 9.99. The van der Waals surface area contributed by atoms with E-state index in [9.17, 15) is 13.2 Å². The zero-order chi connectivity index (χ0) is 15.8. The normalized spacial score (nSPS) is 17.5. The number of carbonyl (C=O) groups is 1. The molecule has 0 bridgehead atoms. The first-order valence-electron chi connectivity index (χ1n) is 7.16. The number of amides is 1. The number of halogens is 1. The van der Waals surface area contributed by atoms with Crippen molar-refractivity contribution in [1.82, 2.24) is 9.47 Å². The minimum atomic E-state index is -3.83. The second kappa shape index (κ2) is 6.01. The number of carbonyl (C=O) groups excluding carboxylic acids is 1. The summed E-state index contributed by atoms with van der Waals surface area (Å²) in [5.74, 6) is 0.506. The molecular weight excluding hydrogens is 312 g/mol. The van der Waals surface area contributed by atoms with E-state index in [-0.39, 0.29) is 16.8 Å². The second-order valence-corrected chi connectivity index (χ2v) is 8.54. The van der Waals surface area contributed by atoms with Gasteiger partial charge < -0.3 is 9.47 Å². The summed E-state index contributed by atoms with van der Waals surface area (Å²) in [5.41, 5.74) is 0.388. The average molecular weight is 333 g/mol. The van der Waals surface area contributed by atoms with Crippen molar-refractivity contribution >= 4 is 25.6 Å². The van der Waals surface area contributed by atoms with Crippen molar-refractivity contribution in [2.75, 3.05) is 13.1 Å². The average Bonchev–Trinajstić information content (AvgIpc) is 2.83. The van der Waals surface area contributed by atoms with Gasteiger partial charge in [-0.3, -0.25) is 4.79 Å². The highest BCUT2D eigenvalue weighted by molar-refractivity contribution is 8.13. The van der Waals surface area contributed by atoms with E-state index >= 15 is 0 Å². The van der Waals surface area contributed by atoms with Crippen LogP contribution in [0.15, 0.2) is 17.2 Å². The molecule has 0 atom stereocenters. The summed E-state index contributed by atoms with van der Waals surface area (Å²) in [5, 5.41) is 0. The Kier molecular flexibility index (Phi) is 4.68. The van der Waals surface area contributed by atoms with Crippen molar-refractivity contribution < 1.29 is 13.2 Å². The quantitative estimate of drug-likeness (QED) is 0.800. The first kappa shape index (κ1) is 16.4. The third-order valence-corrected chi connectivity index (χ3v) is 5.27. The Hall–Kier alpha value is -1.01. The van der Waals surface area contributed by atoms with E-state index in [1.807, 2.05) is 13.8 Å². The second-order valence-electron chi connectivity index (χ2n) is 5.97. The van der Waals surface area contributed by atoms with Gasteiger partial charge in [0.2, 0.25) is 0 Å². The highest BCUT2D eigenvalue weighted by Gasteiger charge is 2.26. The van der Waals surface area contributed by atoms with Gasteiger partial charge in [-0.15, -0.1) is 0 Å². The molecule has 0 saturated carbocycles. The summed E-state index contributed by atoms with van der Waals surface area (Å²) in [6, 6.07) is 1.36. The zero-order valence-electron chi connectivity index (χ0n) is 12.5. The summed E-state index contributed by atoms with van der Waals surface area (Å²) >= 11 is 0. The molecule has 21 heavy (non-hydrogen) atoms. The molecule has 0 radical (unpaired) electrons. The molecule has 0 aliphatic carbocycles. The summed E-state index contributed by atoms with van der Waals surface area (Å²) in [4.78, 5) is 14.4. The monoisotopic (exact) mass is 332 g/mol. The van der Waals surface area contributed by atoms with Crippen LogP contribution in [0.2, 0.25) is 0 Å². The summed E-state index contributed by atoms with van der Waals surface area (Å²) in [6.45, 7) is 7.41. The van der Waals surface area contributed by atoms with Gasteiger partial charge in [-0.05, 0) is 38.7 Å². The van der Waals surface area contributed by atoms with Crippen molar-refractivity contribution in [1.29, 1.82) is 0 Å². The van der Waals surface area contributed by atoms with Gasteiger partial charge in [0.05, 0.1) is 0 Å². The fraction of sp³-hybridized carbons (Fsp3) is 0.643. The number of aromatic nitrogens is 1. The third-order valence-electron chi connectivity index (χ3n) is 3.95. The van der Waals surface area contributed by atoms with Gasteiger partial charge in [0, 0.05) is 36.0 Å². The van der Waals surface area contributed by atoms with E-state index in [2.05, 4.69) is 6.92 Å². The van der Waals surface area contributed by atoms with Crippen LogP contribution in [-0.2, 0) is 9.05 Å². The van der Waals surface area contributed by atoms with Crippen LogP contribution in [0.1, 0.15) is 50.1 Å². The number of rotatable bonds is 3. The lowest BCUT2D eigenvalue weighted by molar-refractivity contribution is 0.0684. The van der Waals surface area contributed by atoms with Gasteiger partial charge in [0.15, 0.2) is 0 Å². The maximum atomic E-state index is 12.6. The maximum Gasteiger partial charge on any atom is 0.270 e. The maximum absolute atomic E-state index is 12.6. The van der Waals surface area contributed by atoms with E-state index in [0.717, 1.165) is 12.8 Å². The predicted molar refractivity (Wildman–Crippen MR) is 82.2 cm³/mol. The minimum absolute atomic E-state index is 0.0140. The number of hydrogen-bond acceptors (Lipinski definition) is 3. The van der Waals surface area contributed by atoms with Crippen LogP contribution in [0, 0.1) is 5.92 Å². The Morgan fingerprint density at radius 2 is 1.90 bits per heavy atom. The molecule has 1 saturated heterocycles. The van der Waals surface area contributed by atoms with E-state index in [1.165, 1.54) is 12.3 Å². The zero-order valence-corrected chi connectivity index (χ0v) is 14.1. The van der Waals surface area contributed by atoms with Crippen molar-refractivity contribution in [3.05, 3.63) is 18.0 Å². The number of piperidine rings is 1. The molecule has 0 unspecified atom stereocenters. The Labute approximate surface area is 130 Å². The molecule has 1 amide bonds. The lowest BCUT2D eigenvalue weighted by Crippen LogP contribution is -2.38. The first-order chi connectivity index (χ1) is 9.70. The van der Waals surface area contributed by atoms with E-state index in [0.29, 0.717) is 24.7 Å². The van der Waals surface area contributed by atoms with Crippen LogP contribution < -0.4 is 0 Å². The first-order valence-corrected chi connectivity index (χ1v) is 9.47. The fourth-order valence-corrected chi connectivity index (χ4v) is 3.30. The van der Waals surface area contributed by atoms with Crippen molar-refractivity contribution in [2.45, 2.75) is 44.6 Å². The molecule has 0 spiro atoms. The van der Waals surface area contributed by atoms with E-state index in [4.69, 9.17) is 10.7 Å².